The molecule has 1 rings (SSSR count). The Kier molecular flexibility index (Phi) is 0.948. The summed E-state index contributed by atoms with van der Waals surface area (Å²) < 4.78 is 0. The number of aliphatic imine (C=N–C) groups is 1. The Morgan fingerprint density at radius 3 is 2.50 bits per heavy atom. The lowest BCUT2D eigenvalue weighted by Gasteiger charge is -1.87. The summed E-state index contributed by atoms with van der Waals surface area (Å²) in [5, 5.41) is 7.26. The van der Waals surface area contributed by atoms with Gasteiger partial charge in [-0.2, -0.15) is 10.2 Å². The smallest absolute Gasteiger partial charge is 0.149 e. The number of nitrogens with zero attached hydrogens (tertiary/aromatic N) is 3. The highest BCUT2D eigenvalue weighted by atomic mass is 15.2. The number of hydrogen-bond acceptors (Lipinski definition) is 3. The molecule has 1 aliphatic heterocycles. The van der Waals surface area contributed by atoms with Crippen LogP contribution in [0.3, 0.4) is 0 Å². The Balaban J connectivity index is 2.40. The van der Waals surface area contributed by atoms with E-state index in [1.54, 1.807) is 6.21 Å². The van der Waals surface area contributed by atoms with Crippen molar-refractivity contribution in [3.63, 3.8) is 0 Å². The molecule has 0 aromatic carbocycles. The summed E-state index contributed by atoms with van der Waals surface area (Å²) in [4.78, 5) is 3.79. The van der Waals surface area contributed by atoms with Crippen molar-refractivity contribution in [2.45, 2.75) is 0 Å². The predicted molar refractivity (Wildman–Crippen MR) is 23.1 cm³/mol. The predicted octanol–water partition coefficient (Wildman–Crippen LogP) is 0.481. The highest BCUT2D eigenvalue weighted by Crippen LogP contribution is 1.80. The highest BCUT2D eigenvalue weighted by Gasteiger charge is 1.78. The first-order valence-corrected chi connectivity index (χ1v) is 1.82. The minimum absolute atomic E-state index is 0.528. The Morgan fingerprint density at radius 1 is 1.33 bits per heavy atom. The molecular weight excluding hydrogens is 78.1 g/mol. The summed E-state index contributed by atoms with van der Waals surface area (Å²) in [6.45, 7) is 1.19. The number of azo groups is 1. The molecule has 0 aliphatic carbocycles. The zero-order valence-electron chi connectivity index (χ0n) is 3.33. The van der Waals surface area contributed by atoms with Gasteiger partial charge in [0.1, 0.15) is 6.67 Å². The Labute approximate surface area is 35.8 Å². The van der Waals surface area contributed by atoms with E-state index in [0.717, 1.165) is 0 Å². The Bertz CT molecular complexity index is 64.0. The molecule has 0 aromatic heterocycles. The third-order valence-corrected chi connectivity index (χ3v) is 0.537. The molecule has 0 aromatic rings. The summed E-state index contributed by atoms with van der Waals surface area (Å²) in [5.74, 6) is 0. The summed E-state index contributed by atoms with van der Waals surface area (Å²) in [5.41, 5.74) is 0. The highest BCUT2D eigenvalue weighted by molar-refractivity contribution is 5.59. The lowest BCUT2D eigenvalue weighted by Crippen LogP contribution is -1.87. The van der Waals surface area contributed by atoms with Crippen LogP contribution in [0.5, 0.6) is 0 Å². The second-order valence-corrected chi connectivity index (χ2v) is 0.972. The maximum atomic E-state index is 3.79. The van der Waals surface area contributed by atoms with Gasteiger partial charge in [0.15, 0.2) is 0 Å². The van der Waals surface area contributed by atoms with Crippen LogP contribution in [0.15, 0.2) is 15.2 Å². The summed E-state index contributed by atoms with van der Waals surface area (Å²) in [6, 6.07) is 0. The first kappa shape index (κ1) is 3.46. The average molecular weight is 83.1 g/mol. The number of rotatable bonds is 0. The van der Waals surface area contributed by atoms with Crippen LogP contribution >= 0.6 is 0 Å². The van der Waals surface area contributed by atoms with Crippen LogP contribution in [0.1, 0.15) is 0 Å². The fourth-order valence-corrected chi connectivity index (χ4v) is 0.291. The van der Waals surface area contributed by atoms with Crippen molar-refractivity contribution in [3.8, 4) is 0 Å². The van der Waals surface area contributed by atoms with Crippen molar-refractivity contribution in [2.75, 3.05) is 13.2 Å². The van der Waals surface area contributed by atoms with E-state index in [0.29, 0.717) is 13.2 Å². The first-order chi connectivity index (χ1) is 3.00. The molecule has 6 heavy (non-hydrogen) atoms. The van der Waals surface area contributed by atoms with Crippen molar-refractivity contribution >= 4 is 6.21 Å². The van der Waals surface area contributed by atoms with Crippen LogP contribution in [-0.4, -0.2) is 19.4 Å². The molecule has 0 spiro atoms. The summed E-state index contributed by atoms with van der Waals surface area (Å²) >= 11 is 0. The Morgan fingerprint density at radius 2 is 2.33 bits per heavy atom. The minimum Gasteiger partial charge on any atom is -0.270 e. The topological polar surface area (TPSA) is 37.1 Å². The normalized spacial score (nSPS) is 18.7. The molecular formula is C3H5N3. The summed E-state index contributed by atoms with van der Waals surface area (Å²) in [7, 11) is 0. The van der Waals surface area contributed by atoms with Gasteiger partial charge in [-0.05, 0) is 0 Å². The fourth-order valence-electron chi connectivity index (χ4n) is 0.291. The minimum atomic E-state index is 0.528. The molecule has 0 unspecified atom stereocenters. The van der Waals surface area contributed by atoms with Gasteiger partial charge in [-0.25, -0.2) is 0 Å². The third-order valence-electron chi connectivity index (χ3n) is 0.537. The van der Waals surface area contributed by atoms with Gasteiger partial charge >= 0.3 is 0 Å². The molecule has 0 radical (unpaired) electrons. The molecule has 3 heteroatoms. The zero-order chi connectivity index (χ0) is 4.24. The van der Waals surface area contributed by atoms with Gasteiger partial charge in [0.25, 0.3) is 0 Å². The van der Waals surface area contributed by atoms with Crippen molar-refractivity contribution in [1.82, 2.24) is 0 Å². The van der Waals surface area contributed by atoms with Crippen LogP contribution in [0.25, 0.3) is 0 Å². The van der Waals surface area contributed by atoms with E-state index in [4.69, 9.17) is 0 Å². The quantitative estimate of drug-likeness (QED) is 0.408. The second-order valence-electron chi connectivity index (χ2n) is 0.972. The van der Waals surface area contributed by atoms with Gasteiger partial charge < -0.3 is 0 Å². The molecule has 1 heterocycles. The lowest BCUT2D eigenvalue weighted by atomic mass is 10.7. The first-order valence-electron chi connectivity index (χ1n) is 1.82. The van der Waals surface area contributed by atoms with Gasteiger partial charge in [0.05, 0.1) is 6.54 Å². The van der Waals surface area contributed by atoms with E-state index < -0.39 is 0 Å². The molecule has 1 aliphatic rings. The molecule has 0 amide bonds. The van der Waals surface area contributed by atoms with Gasteiger partial charge in [0.2, 0.25) is 0 Å². The molecule has 0 atom stereocenters. The molecule has 3 nitrogen and oxygen atoms in total. The van der Waals surface area contributed by atoms with E-state index in [2.05, 4.69) is 15.2 Å². The van der Waals surface area contributed by atoms with Crippen LogP contribution in [0.4, 0.5) is 0 Å². The van der Waals surface area contributed by atoms with Gasteiger partial charge in [0, 0.05) is 6.21 Å². The van der Waals surface area contributed by atoms with Gasteiger partial charge in [-0.1, -0.05) is 0 Å². The van der Waals surface area contributed by atoms with E-state index in [1.165, 1.54) is 0 Å². The third kappa shape index (κ3) is 0.607. The molecule has 0 N–H and O–H groups in total. The van der Waals surface area contributed by atoms with Crippen LogP contribution in [-0.2, 0) is 0 Å². The van der Waals surface area contributed by atoms with E-state index in [9.17, 15) is 0 Å². The van der Waals surface area contributed by atoms with Crippen LogP contribution < -0.4 is 0 Å². The van der Waals surface area contributed by atoms with E-state index in [-0.39, 0.29) is 0 Å². The van der Waals surface area contributed by atoms with E-state index >= 15 is 0 Å². The van der Waals surface area contributed by atoms with Crippen molar-refractivity contribution < 1.29 is 0 Å². The van der Waals surface area contributed by atoms with Crippen LogP contribution in [0, 0.1) is 0 Å². The SMILES string of the molecule is C1=NCN=NC1. The molecule has 0 fully saturated rings. The van der Waals surface area contributed by atoms with Gasteiger partial charge in [-0.15, -0.1) is 0 Å². The maximum Gasteiger partial charge on any atom is 0.149 e. The zero-order valence-corrected chi connectivity index (χ0v) is 3.33. The molecule has 0 bridgehead atoms. The van der Waals surface area contributed by atoms with E-state index in [1.807, 2.05) is 0 Å². The van der Waals surface area contributed by atoms with Crippen LogP contribution in [0.2, 0.25) is 0 Å². The van der Waals surface area contributed by atoms with Crippen molar-refractivity contribution in [2.24, 2.45) is 15.2 Å². The maximum absolute atomic E-state index is 3.79. The largest absolute Gasteiger partial charge is 0.270 e. The Hall–Kier alpha value is -0.730. The monoisotopic (exact) mass is 83.0 g/mol. The average Bonchev–Trinajstić information content (AvgIpc) is 1.72. The molecule has 0 saturated carbocycles. The lowest BCUT2D eigenvalue weighted by molar-refractivity contribution is 0.893. The van der Waals surface area contributed by atoms with Crippen molar-refractivity contribution in [1.29, 1.82) is 0 Å². The fraction of sp³-hybridized carbons (Fsp3) is 0.667. The molecule has 32 valence electrons. The standard InChI is InChI=1S/C3H5N3/c1-2-5-6-3-4-1/h1H,2-3H2. The van der Waals surface area contributed by atoms with Gasteiger partial charge in [-0.3, -0.25) is 4.99 Å². The number of hydrogen-bond donors (Lipinski definition) is 0. The molecule has 0 saturated heterocycles. The second kappa shape index (κ2) is 1.64. The summed E-state index contributed by atoms with van der Waals surface area (Å²) in [6.07, 6.45) is 1.76. The van der Waals surface area contributed by atoms with Crippen molar-refractivity contribution in [3.05, 3.63) is 0 Å².